The standard InChI is InChI=1S/C15H13N3O2/c1-2-11-8-14(17-10-12(11)9-16)18(15(19)20)13-6-4-3-5-7-13/h3-8,10H,2H2,1H3,(H,19,20). The minimum atomic E-state index is -1.12. The Hall–Kier alpha value is -2.87. The first-order valence-electron chi connectivity index (χ1n) is 6.14. The molecule has 0 aliphatic rings. The van der Waals surface area contributed by atoms with Crippen LogP contribution in [0, 0.1) is 11.3 Å². The second-order valence-electron chi connectivity index (χ2n) is 4.12. The highest BCUT2D eigenvalue weighted by Crippen LogP contribution is 2.25. The zero-order valence-corrected chi connectivity index (χ0v) is 10.9. The summed E-state index contributed by atoms with van der Waals surface area (Å²) in [6.07, 6.45) is 0.934. The average Bonchev–Trinajstić information content (AvgIpc) is 2.48. The van der Waals surface area contributed by atoms with E-state index in [4.69, 9.17) is 5.26 Å². The van der Waals surface area contributed by atoms with E-state index in [0.717, 1.165) is 10.5 Å². The second kappa shape index (κ2) is 5.85. The molecule has 5 heteroatoms. The van der Waals surface area contributed by atoms with Gasteiger partial charge in [-0.05, 0) is 30.2 Å². The molecule has 0 bridgehead atoms. The number of nitrogens with zero attached hydrogens (tertiary/aromatic N) is 3. The maximum absolute atomic E-state index is 11.5. The number of aromatic nitrogens is 1. The maximum atomic E-state index is 11.5. The minimum absolute atomic E-state index is 0.291. The third-order valence-electron chi connectivity index (χ3n) is 2.91. The van der Waals surface area contributed by atoms with Crippen molar-refractivity contribution in [3.8, 4) is 6.07 Å². The van der Waals surface area contributed by atoms with Crippen molar-refractivity contribution in [1.82, 2.24) is 4.98 Å². The number of carbonyl (C=O) groups is 1. The van der Waals surface area contributed by atoms with Gasteiger partial charge in [0.2, 0.25) is 0 Å². The number of amides is 1. The fraction of sp³-hybridized carbons (Fsp3) is 0.133. The van der Waals surface area contributed by atoms with Gasteiger partial charge in [0.1, 0.15) is 11.9 Å². The summed E-state index contributed by atoms with van der Waals surface area (Å²) in [5.74, 6) is 0.291. The third kappa shape index (κ3) is 2.59. The van der Waals surface area contributed by atoms with Gasteiger partial charge < -0.3 is 5.11 Å². The quantitative estimate of drug-likeness (QED) is 0.925. The fourth-order valence-electron chi connectivity index (χ4n) is 1.92. The highest BCUT2D eigenvalue weighted by molar-refractivity contribution is 5.93. The summed E-state index contributed by atoms with van der Waals surface area (Å²) in [6.45, 7) is 1.91. The topological polar surface area (TPSA) is 77.2 Å². The van der Waals surface area contributed by atoms with Gasteiger partial charge in [0, 0.05) is 6.20 Å². The third-order valence-corrected chi connectivity index (χ3v) is 2.91. The molecule has 1 aromatic heterocycles. The molecule has 1 N–H and O–H groups in total. The van der Waals surface area contributed by atoms with Gasteiger partial charge in [0.05, 0.1) is 11.3 Å². The molecule has 0 spiro atoms. The van der Waals surface area contributed by atoms with E-state index >= 15 is 0 Å². The Kier molecular flexibility index (Phi) is 3.96. The van der Waals surface area contributed by atoms with Gasteiger partial charge in [0.15, 0.2) is 0 Å². The first kappa shape index (κ1) is 13.6. The Morgan fingerprint density at radius 1 is 1.40 bits per heavy atom. The molecule has 0 unspecified atom stereocenters. The molecule has 0 saturated heterocycles. The monoisotopic (exact) mass is 267 g/mol. The molecule has 2 rings (SSSR count). The van der Waals surface area contributed by atoms with Crippen LogP contribution in [0.4, 0.5) is 16.3 Å². The normalized spacial score (nSPS) is 9.80. The number of pyridine rings is 1. The van der Waals surface area contributed by atoms with Crippen molar-refractivity contribution in [2.75, 3.05) is 4.90 Å². The van der Waals surface area contributed by atoms with Crippen molar-refractivity contribution < 1.29 is 9.90 Å². The van der Waals surface area contributed by atoms with Crippen LogP contribution < -0.4 is 4.90 Å². The maximum Gasteiger partial charge on any atom is 0.417 e. The van der Waals surface area contributed by atoms with Crippen molar-refractivity contribution >= 4 is 17.6 Å². The SMILES string of the molecule is CCc1cc(N(C(=O)O)c2ccccc2)ncc1C#N. The van der Waals surface area contributed by atoms with Crippen LogP contribution in [0.15, 0.2) is 42.6 Å². The lowest BCUT2D eigenvalue weighted by molar-refractivity contribution is 0.204. The van der Waals surface area contributed by atoms with Crippen LogP contribution in [0.1, 0.15) is 18.1 Å². The number of para-hydroxylation sites is 1. The van der Waals surface area contributed by atoms with E-state index in [9.17, 15) is 9.90 Å². The summed E-state index contributed by atoms with van der Waals surface area (Å²) in [5.41, 5.74) is 1.76. The number of anilines is 2. The number of benzene rings is 1. The number of rotatable bonds is 3. The summed E-state index contributed by atoms with van der Waals surface area (Å²) < 4.78 is 0. The summed E-state index contributed by atoms with van der Waals surface area (Å²) >= 11 is 0. The van der Waals surface area contributed by atoms with Gasteiger partial charge >= 0.3 is 6.09 Å². The van der Waals surface area contributed by atoms with Crippen LogP contribution in [-0.4, -0.2) is 16.2 Å². The van der Waals surface area contributed by atoms with Gasteiger partial charge in [-0.2, -0.15) is 5.26 Å². The molecule has 0 atom stereocenters. The van der Waals surface area contributed by atoms with Crippen molar-refractivity contribution in [2.45, 2.75) is 13.3 Å². The van der Waals surface area contributed by atoms with E-state index in [1.807, 2.05) is 13.0 Å². The van der Waals surface area contributed by atoms with Gasteiger partial charge in [-0.3, -0.25) is 0 Å². The molecular weight excluding hydrogens is 254 g/mol. The summed E-state index contributed by atoms with van der Waals surface area (Å²) in [6, 6.07) is 12.4. The second-order valence-corrected chi connectivity index (χ2v) is 4.12. The van der Waals surface area contributed by atoms with Crippen LogP contribution in [0.2, 0.25) is 0 Å². The molecule has 0 fully saturated rings. The van der Waals surface area contributed by atoms with Gasteiger partial charge in [-0.25, -0.2) is 14.7 Å². The molecule has 1 amide bonds. The Morgan fingerprint density at radius 2 is 2.10 bits per heavy atom. The zero-order valence-electron chi connectivity index (χ0n) is 10.9. The molecule has 5 nitrogen and oxygen atoms in total. The Labute approximate surface area is 116 Å². The van der Waals surface area contributed by atoms with E-state index in [1.165, 1.54) is 6.20 Å². The summed E-state index contributed by atoms with van der Waals surface area (Å²) in [7, 11) is 0. The van der Waals surface area contributed by atoms with Gasteiger partial charge in [0.25, 0.3) is 0 Å². The highest BCUT2D eigenvalue weighted by atomic mass is 16.4. The van der Waals surface area contributed by atoms with Crippen LogP contribution in [0.5, 0.6) is 0 Å². The minimum Gasteiger partial charge on any atom is -0.464 e. The molecule has 100 valence electrons. The number of hydrogen-bond acceptors (Lipinski definition) is 3. The number of aryl methyl sites for hydroxylation is 1. The van der Waals surface area contributed by atoms with E-state index < -0.39 is 6.09 Å². The fourth-order valence-corrected chi connectivity index (χ4v) is 1.92. The van der Waals surface area contributed by atoms with Crippen molar-refractivity contribution in [2.24, 2.45) is 0 Å². The lowest BCUT2D eigenvalue weighted by atomic mass is 10.1. The first-order valence-corrected chi connectivity index (χ1v) is 6.14. The van der Waals surface area contributed by atoms with E-state index in [2.05, 4.69) is 11.1 Å². The Bertz CT molecular complexity index is 663. The van der Waals surface area contributed by atoms with Crippen molar-refractivity contribution in [3.63, 3.8) is 0 Å². The van der Waals surface area contributed by atoms with Crippen LogP contribution in [-0.2, 0) is 6.42 Å². The smallest absolute Gasteiger partial charge is 0.417 e. The van der Waals surface area contributed by atoms with Crippen molar-refractivity contribution in [3.05, 3.63) is 53.7 Å². The summed E-state index contributed by atoms with van der Waals surface area (Å²) in [5, 5.41) is 18.4. The van der Waals surface area contributed by atoms with E-state index in [0.29, 0.717) is 23.5 Å². The zero-order chi connectivity index (χ0) is 14.5. The van der Waals surface area contributed by atoms with Gasteiger partial charge in [-0.1, -0.05) is 25.1 Å². The first-order chi connectivity index (χ1) is 9.67. The van der Waals surface area contributed by atoms with E-state index in [1.54, 1.807) is 30.3 Å². The molecule has 0 aliphatic heterocycles. The molecule has 1 heterocycles. The van der Waals surface area contributed by atoms with Crippen molar-refractivity contribution in [1.29, 1.82) is 5.26 Å². The molecule has 2 aromatic rings. The number of carboxylic acid groups (broad SMARTS) is 1. The lowest BCUT2D eigenvalue weighted by Crippen LogP contribution is -2.24. The predicted molar refractivity (Wildman–Crippen MR) is 74.9 cm³/mol. The summed E-state index contributed by atoms with van der Waals surface area (Å²) in [4.78, 5) is 16.7. The molecular formula is C15H13N3O2. The van der Waals surface area contributed by atoms with Crippen LogP contribution >= 0.6 is 0 Å². The number of nitriles is 1. The molecule has 1 aromatic carbocycles. The average molecular weight is 267 g/mol. The molecule has 0 aliphatic carbocycles. The molecule has 0 saturated carbocycles. The Balaban J connectivity index is 2.52. The molecule has 0 radical (unpaired) electrons. The van der Waals surface area contributed by atoms with Crippen LogP contribution in [0.3, 0.4) is 0 Å². The lowest BCUT2D eigenvalue weighted by Gasteiger charge is -2.19. The van der Waals surface area contributed by atoms with Crippen LogP contribution in [0.25, 0.3) is 0 Å². The predicted octanol–water partition coefficient (Wildman–Crippen LogP) is 3.33. The number of hydrogen-bond donors (Lipinski definition) is 1. The Morgan fingerprint density at radius 3 is 2.65 bits per heavy atom. The molecule has 20 heavy (non-hydrogen) atoms. The van der Waals surface area contributed by atoms with Gasteiger partial charge in [-0.15, -0.1) is 0 Å². The van der Waals surface area contributed by atoms with E-state index in [-0.39, 0.29) is 0 Å². The largest absolute Gasteiger partial charge is 0.464 e. The highest BCUT2D eigenvalue weighted by Gasteiger charge is 2.19.